The number of ether oxygens (including phenoxy) is 1. The Hall–Kier alpha value is -2.47. The Morgan fingerprint density at radius 2 is 1.69 bits per heavy atom. The molecule has 1 aliphatic rings. The van der Waals surface area contributed by atoms with Crippen molar-refractivity contribution in [2.75, 3.05) is 0 Å². The number of hydrogen-bond donors (Lipinski definition) is 4. The van der Waals surface area contributed by atoms with Gasteiger partial charge in [0.15, 0.2) is 29.2 Å². The first-order valence-corrected chi connectivity index (χ1v) is 7.51. The summed E-state index contributed by atoms with van der Waals surface area (Å²) in [5.74, 6) is -3.23. The Morgan fingerprint density at radius 3 is 2.12 bits per heavy atom. The minimum absolute atomic E-state index is 0.573. The van der Waals surface area contributed by atoms with Gasteiger partial charge < -0.3 is 20.1 Å². The maximum Gasteiger partial charge on any atom is 0.330 e. The molecule has 3 unspecified atom stereocenters. The first-order valence-electron chi connectivity index (χ1n) is 7.51. The van der Waals surface area contributed by atoms with Crippen LogP contribution in [0.3, 0.4) is 0 Å². The van der Waals surface area contributed by atoms with Crippen molar-refractivity contribution in [3.05, 3.63) is 33.1 Å². The molecular formula is C15H18N2O9. The van der Waals surface area contributed by atoms with Gasteiger partial charge in [-0.2, -0.15) is 0 Å². The Morgan fingerprint density at radius 1 is 1.15 bits per heavy atom. The van der Waals surface area contributed by atoms with Crippen LogP contribution in [-0.4, -0.2) is 65.6 Å². The van der Waals surface area contributed by atoms with Crippen LogP contribution in [0.4, 0.5) is 0 Å². The highest BCUT2D eigenvalue weighted by molar-refractivity contribution is 5.99. The summed E-state index contributed by atoms with van der Waals surface area (Å²) in [5.41, 5.74) is -7.92. The monoisotopic (exact) mass is 370 g/mol. The van der Waals surface area contributed by atoms with Crippen molar-refractivity contribution in [1.82, 2.24) is 9.55 Å². The third-order valence-electron chi connectivity index (χ3n) is 4.51. The molecule has 142 valence electrons. The first-order chi connectivity index (χ1) is 11.9. The Kier molecular flexibility index (Phi) is 4.85. The average Bonchev–Trinajstić information content (AvgIpc) is 2.78. The second-order valence-electron chi connectivity index (χ2n) is 6.13. The lowest BCUT2D eigenvalue weighted by atomic mass is 9.73. The van der Waals surface area contributed by atoms with Gasteiger partial charge in [-0.25, -0.2) is 4.79 Å². The number of rotatable bonds is 5. The van der Waals surface area contributed by atoms with Crippen molar-refractivity contribution in [3.63, 3.8) is 0 Å². The third kappa shape index (κ3) is 2.56. The van der Waals surface area contributed by atoms with Gasteiger partial charge in [0, 0.05) is 12.3 Å². The lowest BCUT2D eigenvalue weighted by Gasteiger charge is -2.37. The number of aliphatic hydroxyl groups is 3. The number of aromatic nitrogens is 2. The molecule has 0 amide bonds. The number of aliphatic hydroxyl groups excluding tert-OH is 1. The number of aromatic amines is 1. The van der Waals surface area contributed by atoms with E-state index in [4.69, 9.17) is 4.74 Å². The van der Waals surface area contributed by atoms with Crippen molar-refractivity contribution in [2.24, 2.45) is 0 Å². The van der Waals surface area contributed by atoms with Gasteiger partial charge in [0.1, 0.15) is 12.2 Å². The molecule has 0 bridgehead atoms. The van der Waals surface area contributed by atoms with E-state index in [0.717, 1.165) is 33.0 Å². The number of H-pyrrole nitrogens is 1. The highest BCUT2D eigenvalue weighted by Crippen LogP contribution is 2.47. The van der Waals surface area contributed by atoms with Crippen LogP contribution < -0.4 is 11.2 Å². The maximum absolute atomic E-state index is 12.2. The van der Waals surface area contributed by atoms with Gasteiger partial charge in [0.05, 0.1) is 0 Å². The van der Waals surface area contributed by atoms with Gasteiger partial charge in [-0.1, -0.05) is 0 Å². The predicted octanol–water partition coefficient (Wildman–Crippen LogP) is -2.98. The summed E-state index contributed by atoms with van der Waals surface area (Å²) in [6.07, 6.45) is -5.21. The highest BCUT2D eigenvalue weighted by Gasteiger charge is 2.73. The maximum atomic E-state index is 12.2. The summed E-state index contributed by atoms with van der Waals surface area (Å²) in [7, 11) is 0. The van der Waals surface area contributed by atoms with Crippen molar-refractivity contribution < 1.29 is 34.4 Å². The van der Waals surface area contributed by atoms with Gasteiger partial charge >= 0.3 is 5.69 Å². The molecule has 2 heterocycles. The second kappa shape index (κ2) is 6.36. The largest absolute Gasteiger partial charge is 0.382 e. The molecule has 1 aromatic rings. The van der Waals surface area contributed by atoms with Gasteiger partial charge in [0.25, 0.3) is 5.56 Å². The molecule has 11 heteroatoms. The third-order valence-corrected chi connectivity index (χ3v) is 4.51. The van der Waals surface area contributed by atoms with Gasteiger partial charge in [0.2, 0.25) is 5.60 Å². The number of Topliss-reactive ketones (excluding diaryl/α,β-unsaturated/α-hetero) is 3. The van der Waals surface area contributed by atoms with Crippen molar-refractivity contribution in [1.29, 1.82) is 0 Å². The molecule has 2 rings (SSSR count). The quantitative estimate of drug-likeness (QED) is 0.421. The number of ketones is 3. The van der Waals surface area contributed by atoms with Crippen LogP contribution >= 0.6 is 0 Å². The predicted molar refractivity (Wildman–Crippen MR) is 83.2 cm³/mol. The molecule has 0 radical (unpaired) electrons. The number of nitrogens with zero attached hydrogens (tertiary/aromatic N) is 1. The summed E-state index contributed by atoms with van der Waals surface area (Å²) in [4.78, 5) is 61.0. The summed E-state index contributed by atoms with van der Waals surface area (Å²) >= 11 is 0. The SMILES string of the molecule is CC(=O)C(O)C1OC(n2ccc(=O)[nH]c2=O)[C@@](O)(C(C)=O)[C@@]1(O)C(C)=O. The van der Waals surface area contributed by atoms with Crippen LogP contribution in [0.2, 0.25) is 0 Å². The molecule has 1 saturated heterocycles. The van der Waals surface area contributed by atoms with Crippen LogP contribution in [0.25, 0.3) is 0 Å². The van der Waals surface area contributed by atoms with E-state index in [0.29, 0.717) is 4.57 Å². The van der Waals surface area contributed by atoms with Crippen LogP contribution in [0, 0.1) is 0 Å². The van der Waals surface area contributed by atoms with Crippen LogP contribution in [0.15, 0.2) is 21.9 Å². The topological polar surface area (TPSA) is 176 Å². The van der Waals surface area contributed by atoms with Gasteiger partial charge in [-0.3, -0.25) is 28.7 Å². The molecule has 5 atom stereocenters. The summed E-state index contributed by atoms with van der Waals surface area (Å²) in [6.45, 7) is 2.61. The summed E-state index contributed by atoms with van der Waals surface area (Å²) in [6, 6.07) is 0.882. The van der Waals surface area contributed by atoms with E-state index in [9.17, 15) is 39.3 Å². The van der Waals surface area contributed by atoms with E-state index in [1.54, 1.807) is 0 Å². The van der Waals surface area contributed by atoms with Crippen LogP contribution in [0.1, 0.15) is 27.0 Å². The zero-order valence-corrected chi connectivity index (χ0v) is 14.1. The summed E-state index contributed by atoms with van der Waals surface area (Å²) in [5, 5.41) is 31.9. The standard InChI is InChI=1S/C15H18N2O9/c1-6(18)10(22)11-14(24,7(2)19)15(25,8(3)20)12(26-11)17-5-4-9(21)16-13(17)23/h4-5,10-12,22,24-25H,1-3H3,(H,16,21,23)/t10?,11?,12?,14-,15+/m1/s1. The Balaban J connectivity index is 2.79. The van der Waals surface area contributed by atoms with Gasteiger partial charge in [-0.05, 0) is 20.8 Å². The molecule has 1 fully saturated rings. The lowest BCUT2D eigenvalue weighted by molar-refractivity contribution is -0.184. The lowest BCUT2D eigenvalue weighted by Crippen LogP contribution is -2.68. The van der Waals surface area contributed by atoms with Crippen molar-refractivity contribution >= 4 is 17.3 Å². The molecule has 0 aromatic carbocycles. The molecular weight excluding hydrogens is 352 g/mol. The fourth-order valence-corrected chi connectivity index (χ4v) is 3.05. The average molecular weight is 370 g/mol. The molecule has 0 saturated carbocycles. The number of carbonyl (C=O) groups is 3. The smallest absolute Gasteiger partial charge is 0.330 e. The normalized spacial score (nSPS) is 32.2. The van der Waals surface area contributed by atoms with Crippen LogP contribution in [-0.2, 0) is 19.1 Å². The molecule has 0 aliphatic carbocycles. The number of hydrogen-bond acceptors (Lipinski definition) is 9. The zero-order chi connectivity index (χ0) is 20.0. The van der Waals surface area contributed by atoms with E-state index < -0.39 is 58.2 Å². The Bertz CT molecular complexity index is 888. The fraction of sp³-hybridized carbons (Fsp3) is 0.533. The molecule has 26 heavy (non-hydrogen) atoms. The van der Waals surface area contributed by atoms with Gasteiger partial charge in [-0.15, -0.1) is 0 Å². The van der Waals surface area contributed by atoms with E-state index in [1.165, 1.54) is 0 Å². The number of carbonyl (C=O) groups excluding carboxylic acids is 3. The van der Waals surface area contributed by atoms with E-state index in [1.807, 2.05) is 4.98 Å². The van der Waals surface area contributed by atoms with E-state index in [2.05, 4.69) is 0 Å². The zero-order valence-electron chi connectivity index (χ0n) is 14.1. The minimum Gasteiger partial charge on any atom is -0.382 e. The molecule has 4 N–H and O–H groups in total. The molecule has 0 spiro atoms. The van der Waals surface area contributed by atoms with E-state index >= 15 is 0 Å². The van der Waals surface area contributed by atoms with Crippen molar-refractivity contribution in [2.45, 2.75) is 50.4 Å². The fourth-order valence-electron chi connectivity index (χ4n) is 3.05. The van der Waals surface area contributed by atoms with Crippen molar-refractivity contribution in [3.8, 4) is 0 Å². The molecule has 1 aromatic heterocycles. The minimum atomic E-state index is -3.02. The summed E-state index contributed by atoms with van der Waals surface area (Å²) < 4.78 is 5.85. The first kappa shape index (κ1) is 19.8. The number of nitrogens with one attached hydrogen (secondary N) is 1. The van der Waals surface area contributed by atoms with Crippen LogP contribution in [0.5, 0.6) is 0 Å². The molecule has 1 aliphatic heterocycles. The molecule has 11 nitrogen and oxygen atoms in total. The highest BCUT2D eigenvalue weighted by atomic mass is 16.6. The Labute approximate surface area is 145 Å². The second-order valence-corrected chi connectivity index (χ2v) is 6.13. The van der Waals surface area contributed by atoms with E-state index in [-0.39, 0.29) is 0 Å².